The fourth-order valence-corrected chi connectivity index (χ4v) is 4.70. The molecule has 0 aromatic carbocycles. The maximum absolute atomic E-state index is 5.97. The van der Waals surface area contributed by atoms with Gasteiger partial charge in [-0.25, -0.2) is 0 Å². The Morgan fingerprint density at radius 1 is 1.25 bits per heavy atom. The lowest BCUT2D eigenvalue weighted by molar-refractivity contribution is -0.176. The molecule has 3 aliphatic rings. The highest BCUT2D eigenvalue weighted by atomic mass is 16.5. The quantitative estimate of drug-likeness (QED) is 0.857. The van der Waals surface area contributed by atoms with Gasteiger partial charge in [-0.15, -0.1) is 0 Å². The van der Waals surface area contributed by atoms with Crippen molar-refractivity contribution in [1.82, 2.24) is 10.2 Å². The van der Waals surface area contributed by atoms with Gasteiger partial charge in [0.1, 0.15) is 0 Å². The lowest BCUT2D eigenvalue weighted by atomic mass is 9.50. The van der Waals surface area contributed by atoms with E-state index in [9.17, 15) is 0 Å². The van der Waals surface area contributed by atoms with Crippen LogP contribution < -0.4 is 5.32 Å². The third kappa shape index (κ3) is 2.32. The Balaban J connectivity index is 1.58. The van der Waals surface area contributed by atoms with Crippen LogP contribution in [0.3, 0.4) is 0 Å². The minimum Gasteiger partial charge on any atom is -0.378 e. The first kappa shape index (κ1) is 14.8. The molecule has 0 aromatic rings. The van der Waals surface area contributed by atoms with Crippen LogP contribution in [-0.4, -0.2) is 49.3 Å². The molecule has 3 nitrogen and oxygen atoms in total. The van der Waals surface area contributed by atoms with Crippen molar-refractivity contribution in [3.8, 4) is 0 Å². The molecule has 3 fully saturated rings. The Morgan fingerprint density at radius 3 is 2.60 bits per heavy atom. The molecule has 1 aliphatic heterocycles. The molecule has 0 bridgehead atoms. The molecular formula is C17H32N2O. The van der Waals surface area contributed by atoms with Crippen LogP contribution in [0, 0.1) is 11.3 Å². The van der Waals surface area contributed by atoms with Gasteiger partial charge in [0.05, 0.1) is 6.10 Å². The Labute approximate surface area is 124 Å². The molecule has 2 aliphatic carbocycles. The number of hydrogen-bond acceptors (Lipinski definition) is 3. The maximum atomic E-state index is 5.97. The van der Waals surface area contributed by atoms with Crippen molar-refractivity contribution in [1.29, 1.82) is 0 Å². The van der Waals surface area contributed by atoms with Crippen molar-refractivity contribution in [3.05, 3.63) is 0 Å². The fourth-order valence-electron chi connectivity index (χ4n) is 4.70. The van der Waals surface area contributed by atoms with Crippen molar-refractivity contribution in [3.63, 3.8) is 0 Å². The van der Waals surface area contributed by atoms with E-state index in [1.807, 2.05) is 0 Å². The van der Waals surface area contributed by atoms with E-state index in [1.165, 1.54) is 38.6 Å². The second-order valence-corrected chi connectivity index (χ2v) is 7.59. The van der Waals surface area contributed by atoms with E-state index in [0.717, 1.165) is 18.6 Å². The highest BCUT2D eigenvalue weighted by Gasteiger charge is 2.59. The van der Waals surface area contributed by atoms with Gasteiger partial charge in [0.25, 0.3) is 0 Å². The van der Waals surface area contributed by atoms with E-state index < -0.39 is 0 Å². The van der Waals surface area contributed by atoms with Crippen LogP contribution >= 0.6 is 0 Å². The molecule has 1 N–H and O–H groups in total. The van der Waals surface area contributed by atoms with E-state index in [0.29, 0.717) is 23.6 Å². The van der Waals surface area contributed by atoms with Crippen LogP contribution in [0.15, 0.2) is 0 Å². The molecule has 0 radical (unpaired) electrons. The molecule has 2 saturated carbocycles. The standard InChI is InChI=1S/C17H32N2O/c1-5-20-16-10-15(17(16)7-6-8-17)18-14-9-13(3)19(4)11-12(14)2/h12-16,18H,5-11H2,1-4H3/t12-,13-,14-,15+,16-/m1/s1. The molecule has 1 saturated heterocycles. The molecule has 0 amide bonds. The monoisotopic (exact) mass is 280 g/mol. The SMILES string of the molecule is CCO[C@@H]1C[C@H](N[C@@H]2C[C@@H](C)N(C)C[C@H]2C)C12CCC2. The first-order valence-electron chi connectivity index (χ1n) is 8.64. The summed E-state index contributed by atoms with van der Waals surface area (Å²) in [7, 11) is 2.26. The van der Waals surface area contributed by atoms with Gasteiger partial charge in [-0.1, -0.05) is 13.3 Å². The van der Waals surface area contributed by atoms with Gasteiger partial charge in [-0.3, -0.25) is 0 Å². The summed E-state index contributed by atoms with van der Waals surface area (Å²) in [5.41, 5.74) is 0.502. The molecule has 116 valence electrons. The van der Waals surface area contributed by atoms with Crippen molar-refractivity contribution in [2.45, 2.75) is 77.1 Å². The molecule has 1 spiro atoms. The van der Waals surface area contributed by atoms with Gasteiger partial charge in [0.2, 0.25) is 0 Å². The molecule has 20 heavy (non-hydrogen) atoms. The van der Waals surface area contributed by atoms with Gasteiger partial charge in [0, 0.05) is 36.7 Å². The molecular weight excluding hydrogens is 248 g/mol. The molecule has 1 heterocycles. The summed E-state index contributed by atoms with van der Waals surface area (Å²) in [5, 5.41) is 4.03. The van der Waals surface area contributed by atoms with Gasteiger partial charge < -0.3 is 15.0 Å². The molecule has 3 heteroatoms. The van der Waals surface area contributed by atoms with Gasteiger partial charge in [-0.2, -0.15) is 0 Å². The zero-order chi connectivity index (χ0) is 14.3. The average molecular weight is 280 g/mol. The van der Waals surface area contributed by atoms with Crippen LogP contribution in [0.4, 0.5) is 0 Å². The third-order valence-electron chi connectivity index (χ3n) is 6.46. The van der Waals surface area contributed by atoms with Crippen LogP contribution in [0.2, 0.25) is 0 Å². The molecule has 5 atom stereocenters. The summed E-state index contributed by atoms with van der Waals surface area (Å²) >= 11 is 0. The predicted molar refractivity (Wildman–Crippen MR) is 82.9 cm³/mol. The highest BCUT2D eigenvalue weighted by Crippen LogP contribution is 2.57. The number of ether oxygens (including phenoxy) is 1. The van der Waals surface area contributed by atoms with Crippen LogP contribution in [0.25, 0.3) is 0 Å². The summed E-state index contributed by atoms with van der Waals surface area (Å²) < 4.78 is 5.97. The van der Waals surface area contributed by atoms with Crippen molar-refractivity contribution in [2.75, 3.05) is 20.2 Å². The van der Waals surface area contributed by atoms with E-state index >= 15 is 0 Å². The molecule has 3 rings (SSSR count). The minimum absolute atomic E-state index is 0.502. The lowest BCUT2D eigenvalue weighted by Crippen LogP contribution is -2.69. The summed E-state index contributed by atoms with van der Waals surface area (Å²) in [6.07, 6.45) is 7.24. The lowest BCUT2D eigenvalue weighted by Gasteiger charge is -2.62. The number of piperidine rings is 1. The number of hydrogen-bond donors (Lipinski definition) is 1. The van der Waals surface area contributed by atoms with Crippen LogP contribution in [0.5, 0.6) is 0 Å². The zero-order valence-electron chi connectivity index (χ0n) is 13.7. The maximum Gasteiger partial charge on any atom is 0.0661 e. The summed E-state index contributed by atoms with van der Waals surface area (Å²) in [6, 6.07) is 2.13. The Bertz CT molecular complexity index is 342. The predicted octanol–water partition coefficient (Wildman–Crippen LogP) is 2.65. The highest BCUT2D eigenvalue weighted by molar-refractivity contribution is 5.13. The van der Waals surface area contributed by atoms with Crippen molar-refractivity contribution >= 4 is 0 Å². The van der Waals surface area contributed by atoms with Crippen molar-refractivity contribution in [2.24, 2.45) is 11.3 Å². The summed E-state index contributed by atoms with van der Waals surface area (Å²) in [6.45, 7) is 9.01. The smallest absolute Gasteiger partial charge is 0.0661 e. The third-order valence-corrected chi connectivity index (χ3v) is 6.46. The Hall–Kier alpha value is -0.120. The van der Waals surface area contributed by atoms with E-state index in [4.69, 9.17) is 4.74 Å². The summed E-state index contributed by atoms with van der Waals surface area (Å²) in [4.78, 5) is 2.51. The second kappa shape index (κ2) is 5.58. The molecule has 0 unspecified atom stereocenters. The first-order valence-corrected chi connectivity index (χ1v) is 8.64. The number of nitrogens with one attached hydrogen (secondary N) is 1. The van der Waals surface area contributed by atoms with E-state index in [-0.39, 0.29) is 0 Å². The topological polar surface area (TPSA) is 24.5 Å². The minimum atomic E-state index is 0.502. The van der Waals surface area contributed by atoms with Crippen LogP contribution in [0.1, 0.15) is 52.9 Å². The Morgan fingerprint density at radius 2 is 2.00 bits per heavy atom. The fraction of sp³-hybridized carbons (Fsp3) is 1.00. The number of rotatable bonds is 4. The number of likely N-dealkylation sites (tertiary alicyclic amines) is 1. The van der Waals surface area contributed by atoms with Gasteiger partial charge in [0.15, 0.2) is 0 Å². The van der Waals surface area contributed by atoms with Gasteiger partial charge in [-0.05, 0) is 52.5 Å². The first-order chi connectivity index (χ1) is 9.56. The second-order valence-electron chi connectivity index (χ2n) is 7.59. The van der Waals surface area contributed by atoms with Gasteiger partial charge >= 0.3 is 0 Å². The molecule has 0 aromatic heterocycles. The van der Waals surface area contributed by atoms with Crippen LogP contribution in [-0.2, 0) is 4.74 Å². The zero-order valence-corrected chi connectivity index (χ0v) is 13.7. The number of nitrogens with zero attached hydrogens (tertiary/aromatic N) is 1. The largest absolute Gasteiger partial charge is 0.378 e. The summed E-state index contributed by atoms with van der Waals surface area (Å²) in [5.74, 6) is 0.763. The normalized spacial score (nSPS) is 44.1. The van der Waals surface area contributed by atoms with E-state index in [1.54, 1.807) is 0 Å². The van der Waals surface area contributed by atoms with E-state index in [2.05, 4.69) is 38.0 Å². The van der Waals surface area contributed by atoms with Crippen molar-refractivity contribution < 1.29 is 4.74 Å². The average Bonchev–Trinajstić information content (AvgIpc) is 2.32. The Kier molecular flexibility index (Phi) is 4.13.